The standard InChI is InChI=1S/C14H30N6/c1-13(2,3)15-11-17-20(9,10)12(16-14(4,5)6)19(11)18(7)8/h1-10H3. The first-order valence-electron chi connectivity index (χ1n) is 6.98. The summed E-state index contributed by atoms with van der Waals surface area (Å²) in [6, 6.07) is 0. The second-order valence-corrected chi connectivity index (χ2v) is 7.82. The number of nitrogens with zero attached hydrogens (tertiary/aromatic N) is 6. The molecule has 0 radical (unpaired) electrons. The van der Waals surface area contributed by atoms with E-state index >= 15 is 0 Å². The molecular formula is C14H30N6. The van der Waals surface area contributed by atoms with Gasteiger partial charge in [0, 0.05) is 0 Å². The molecule has 0 unspecified atom stereocenters. The summed E-state index contributed by atoms with van der Waals surface area (Å²) < 4.78 is 0.352. The number of guanidine groups is 2. The van der Waals surface area contributed by atoms with Crippen LogP contribution in [0.5, 0.6) is 0 Å². The maximum atomic E-state index is 4.84. The largest absolute Gasteiger partial charge is 0.383 e. The maximum absolute atomic E-state index is 4.84. The summed E-state index contributed by atoms with van der Waals surface area (Å²) in [7, 11) is 8.01. The molecule has 0 bridgehead atoms. The molecule has 6 nitrogen and oxygen atoms in total. The molecule has 0 aromatic carbocycles. The lowest BCUT2D eigenvalue weighted by atomic mass is 10.1. The predicted molar refractivity (Wildman–Crippen MR) is 85.4 cm³/mol. The number of quaternary nitrogens is 1. The first-order chi connectivity index (χ1) is 8.73. The lowest BCUT2D eigenvalue weighted by Crippen LogP contribution is -2.49. The number of hydrogen-bond donors (Lipinski definition) is 0. The van der Waals surface area contributed by atoms with Gasteiger partial charge in [0.2, 0.25) is 0 Å². The SMILES string of the molecule is CN(C)N1C(=NC(C)(C)C)[N-][N+](C)(C)C1=NC(C)(C)C. The molecule has 0 aromatic heterocycles. The van der Waals surface area contributed by atoms with Crippen molar-refractivity contribution < 1.29 is 4.59 Å². The molecule has 1 aliphatic heterocycles. The third kappa shape index (κ3) is 4.18. The van der Waals surface area contributed by atoms with E-state index in [1.165, 1.54) is 0 Å². The fourth-order valence-corrected chi connectivity index (χ4v) is 1.83. The van der Waals surface area contributed by atoms with Gasteiger partial charge >= 0.3 is 0 Å². The Morgan fingerprint density at radius 3 is 1.75 bits per heavy atom. The van der Waals surface area contributed by atoms with Gasteiger partial charge in [-0.3, -0.25) is 10.0 Å². The molecule has 1 heterocycles. The van der Waals surface area contributed by atoms with Gasteiger partial charge in [-0.15, -0.1) is 0 Å². The van der Waals surface area contributed by atoms with Crippen LogP contribution in [0.4, 0.5) is 0 Å². The van der Waals surface area contributed by atoms with Gasteiger partial charge in [-0.05, 0) is 40.4 Å². The summed E-state index contributed by atoms with van der Waals surface area (Å²) in [5, 5.41) is 3.96. The fraction of sp³-hybridized carbons (Fsp3) is 0.857. The average molecular weight is 282 g/mol. The lowest BCUT2D eigenvalue weighted by molar-refractivity contribution is -0.753. The molecule has 1 saturated heterocycles. The Morgan fingerprint density at radius 2 is 1.40 bits per heavy atom. The highest BCUT2D eigenvalue weighted by Gasteiger charge is 2.39. The van der Waals surface area contributed by atoms with Crippen LogP contribution in [0.3, 0.4) is 0 Å². The number of aliphatic imine (C=N–C) groups is 2. The van der Waals surface area contributed by atoms with Gasteiger partial charge in [-0.25, -0.2) is 9.58 Å². The molecule has 116 valence electrons. The minimum atomic E-state index is -0.176. The molecule has 1 fully saturated rings. The van der Waals surface area contributed by atoms with Crippen LogP contribution in [-0.2, 0) is 0 Å². The quantitative estimate of drug-likeness (QED) is 0.693. The zero-order valence-corrected chi connectivity index (χ0v) is 14.7. The Hall–Kier alpha value is -1.14. The number of hydrazine groups is 1. The third-order valence-corrected chi connectivity index (χ3v) is 2.48. The molecule has 6 heteroatoms. The van der Waals surface area contributed by atoms with Crippen LogP contribution in [0.1, 0.15) is 41.5 Å². The van der Waals surface area contributed by atoms with Gasteiger partial charge in [-0.1, -0.05) is 20.8 Å². The van der Waals surface area contributed by atoms with Gasteiger partial charge < -0.3 is 4.99 Å². The van der Waals surface area contributed by atoms with E-state index in [0.29, 0.717) is 10.6 Å². The first-order valence-corrected chi connectivity index (χ1v) is 6.98. The van der Waals surface area contributed by atoms with Crippen molar-refractivity contribution in [1.82, 2.24) is 10.0 Å². The molecule has 1 aliphatic rings. The zero-order valence-electron chi connectivity index (χ0n) is 14.7. The minimum Gasteiger partial charge on any atom is -0.383 e. The highest BCUT2D eigenvalue weighted by Crippen LogP contribution is 2.28. The molecule has 20 heavy (non-hydrogen) atoms. The highest BCUT2D eigenvalue weighted by molar-refractivity contribution is 6.07. The summed E-state index contributed by atoms with van der Waals surface area (Å²) in [4.78, 5) is 9.57. The molecule has 0 spiro atoms. The van der Waals surface area contributed by atoms with Crippen LogP contribution >= 0.6 is 0 Å². The van der Waals surface area contributed by atoms with E-state index in [9.17, 15) is 0 Å². The van der Waals surface area contributed by atoms with Crippen molar-refractivity contribution in [1.29, 1.82) is 0 Å². The number of hydrogen-bond acceptors (Lipinski definition) is 3. The second kappa shape index (κ2) is 5.00. The monoisotopic (exact) mass is 282 g/mol. The van der Waals surface area contributed by atoms with Crippen LogP contribution < -0.4 is 0 Å². The van der Waals surface area contributed by atoms with E-state index < -0.39 is 0 Å². The van der Waals surface area contributed by atoms with Crippen molar-refractivity contribution in [2.75, 3.05) is 28.2 Å². The molecule has 0 aromatic rings. The highest BCUT2D eigenvalue weighted by atomic mass is 15.9. The summed E-state index contributed by atoms with van der Waals surface area (Å²) >= 11 is 0. The van der Waals surface area contributed by atoms with Crippen LogP contribution in [0.15, 0.2) is 9.98 Å². The Kier molecular flexibility index (Phi) is 4.23. The molecule has 0 atom stereocenters. The topological polar surface area (TPSA) is 45.3 Å². The van der Waals surface area contributed by atoms with E-state index in [-0.39, 0.29) is 11.1 Å². The maximum Gasteiger partial charge on any atom is 0.277 e. The van der Waals surface area contributed by atoms with E-state index in [1.54, 1.807) is 0 Å². The molecule has 0 saturated carbocycles. The fourth-order valence-electron chi connectivity index (χ4n) is 1.83. The van der Waals surface area contributed by atoms with E-state index in [2.05, 4.69) is 41.5 Å². The van der Waals surface area contributed by atoms with Gasteiger partial charge in [-0.2, -0.15) is 5.43 Å². The van der Waals surface area contributed by atoms with Crippen molar-refractivity contribution in [3.8, 4) is 0 Å². The van der Waals surface area contributed by atoms with Crippen molar-refractivity contribution in [2.45, 2.75) is 52.6 Å². The van der Waals surface area contributed by atoms with E-state index in [1.807, 2.05) is 38.2 Å². The Bertz CT molecular complexity index is 420. The lowest BCUT2D eigenvalue weighted by Gasteiger charge is -2.33. The number of rotatable bonds is 1. The summed E-state index contributed by atoms with van der Waals surface area (Å²) in [6.45, 7) is 12.5. The molecular weight excluding hydrogens is 252 g/mol. The van der Waals surface area contributed by atoms with Crippen molar-refractivity contribution in [3.05, 3.63) is 5.43 Å². The van der Waals surface area contributed by atoms with Crippen molar-refractivity contribution >= 4 is 11.9 Å². The smallest absolute Gasteiger partial charge is 0.277 e. The molecule has 0 amide bonds. The van der Waals surface area contributed by atoms with Crippen LogP contribution in [0, 0.1) is 0 Å². The van der Waals surface area contributed by atoms with Gasteiger partial charge in [0.15, 0.2) is 0 Å². The summed E-state index contributed by atoms with van der Waals surface area (Å²) in [6.07, 6.45) is 0. The Balaban J connectivity index is 3.37. The zero-order chi connectivity index (χ0) is 15.9. The molecule has 1 rings (SSSR count). The van der Waals surface area contributed by atoms with Crippen molar-refractivity contribution in [3.63, 3.8) is 0 Å². The van der Waals surface area contributed by atoms with Gasteiger partial charge in [0.05, 0.1) is 25.6 Å². The molecule has 0 N–H and O–H groups in total. The second-order valence-electron chi connectivity index (χ2n) is 7.82. The van der Waals surface area contributed by atoms with Crippen LogP contribution in [0.25, 0.3) is 5.43 Å². The Morgan fingerprint density at radius 1 is 0.950 bits per heavy atom. The summed E-state index contributed by atoms with van der Waals surface area (Å²) in [5.41, 5.74) is 4.38. The van der Waals surface area contributed by atoms with Crippen molar-refractivity contribution in [2.24, 2.45) is 9.98 Å². The van der Waals surface area contributed by atoms with E-state index in [4.69, 9.17) is 15.4 Å². The first kappa shape index (κ1) is 16.9. The third-order valence-electron chi connectivity index (χ3n) is 2.48. The Labute approximate surface area is 123 Å². The van der Waals surface area contributed by atoms with Gasteiger partial charge in [0.1, 0.15) is 0 Å². The van der Waals surface area contributed by atoms with Crippen LogP contribution in [-0.4, -0.2) is 65.8 Å². The molecule has 0 aliphatic carbocycles. The van der Waals surface area contributed by atoms with Gasteiger partial charge in [0.25, 0.3) is 5.96 Å². The normalized spacial score (nSPS) is 23.9. The van der Waals surface area contributed by atoms with E-state index in [0.717, 1.165) is 5.96 Å². The minimum absolute atomic E-state index is 0.161. The predicted octanol–water partition coefficient (Wildman–Crippen LogP) is 2.45. The van der Waals surface area contributed by atoms with Crippen LogP contribution in [0.2, 0.25) is 0 Å². The summed E-state index contributed by atoms with van der Waals surface area (Å²) in [5.74, 6) is 1.58. The average Bonchev–Trinajstić information content (AvgIpc) is 2.31.